The van der Waals surface area contributed by atoms with E-state index in [1.165, 1.54) is 0 Å². The van der Waals surface area contributed by atoms with Gasteiger partial charge in [0.2, 0.25) is 0 Å². The lowest BCUT2D eigenvalue weighted by Gasteiger charge is -2.01. The first kappa shape index (κ1) is 12.7. The van der Waals surface area contributed by atoms with Gasteiger partial charge >= 0.3 is 0 Å². The Balaban J connectivity index is 4.79. The Morgan fingerprint density at radius 1 is 1.00 bits per heavy atom. The van der Waals surface area contributed by atoms with E-state index in [1.54, 1.807) is 0 Å². The molecule has 0 fully saturated rings. The fourth-order valence-corrected chi connectivity index (χ4v) is 6.16. The first-order valence-corrected chi connectivity index (χ1v) is 8.42. The number of halogens is 2. The molecule has 0 saturated carbocycles. The minimum absolute atomic E-state index is 0.108. The van der Waals surface area contributed by atoms with Crippen LogP contribution in [-0.2, 0) is 17.7 Å². The van der Waals surface area contributed by atoms with E-state index in [1.807, 2.05) is 0 Å². The van der Waals surface area contributed by atoms with Crippen LogP contribution in [0, 0.1) is 0 Å². The Labute approximate surface area is 84.7 Å². The highest BCUT2D eigenvalue weighted by molar-refractivity contribution is 9.09. The highest BCUT2D eigenvalue weighted by Gasteiger charge is 2.27. The molecule has 0 aromatic heterocycles. The average Bonchev–Trinajstić information content (AvgIpc) is 1.86. The molecule has 0 aliphatic carbocycles. The maximum absolute atomic E-state index is 11.0. The number of rotatable bonds is 5. The molecule has 0 aliphatic heterocycles. The van der Waals surface area contributed by atoms with Crippen molar-refractivity contribution in [3.63, 3.8) is 0 Å². The van der Waals surface area contributed by atoms with E-state index in [-0.39, 0.29) is 11.2 Å². The van der Waals surface area contributed by atoms with Crippen LogP contribution >= 0.6 is 27.5 Å². The second-order valence-electron chi connectivity index (χ2n) is 1.90. The van der Waals surface area contributed by atoms with Crippen molar-refractivity contribution in [2.45, 2.75) is 0 Å². The van der Waals surface area contributed by atoms with E-state index >= 15 is 0 Å². The van der Waals surface area contributed by atoms with Crippen LogP contribution in [-0.4, -0.2) is 39.6 Å². The first-order chi connectivity index (χ1) is 5.37. The van der Waals surface area contributed by atoms with Crippen molar-refractivity contribution >= 4 is 45.3 Å². The lowest BCUT2D eigenvalue weighted by atomic mass is 11.0. The SMILES string of the molecule is O=S(=O)(CCCl)S(=O)(=O)CCBr. The van der Waals surface area contributed by atoms with E-state index in [4.69, 9.17) is 11.6 Å². The van der Waals surface area contributed by atoms with Crippen molar-refractivity contribution in [2.75, 3.05) is 22.7 Å². The third kappa shape index (κ3) is 3.20. The summed E-state index contributed by atoms with van der Waals surface area (Å²) in [5.74, 6) is -1.14. The lowest BCUT2D eigenvalue weighted by Crippen LogP contribution is -2.23. The standard InChI is InChI=1S/C4H8BrClO4S2/c5-1-3-11(7,8)12(9,10)4-2-6/h1-4H2. The molecule has 4 nitrogen and oxygen atoms in total. The van der Waals surface area contributed by atoms with Gasteiger partial charge in [0, 0.05) is 11.2 Å². The largest absolute Gasteiger partial charge is 0.254 e. The smallest absolute Gasteiger partial charge is 0.213 e. The summed E-state index contributed by atoms with van der Waals surface area (Å²) in [5.41, 5.74) is 0. The van der Waals surface area contributed by atoms with Gasteiger partial charge in [0.05, 0.1) is 11.5 Å². The lowest BCUT2D eigenvalue weighted by molar-refractivity contribution is 0.584. The first-order valence-electron chi connectivity index (χ1n) is 2.95. The molecule has 74 valence electrons. The molecular weight excluding hydrogens is 292 g/mol. The van der Waals surface area contributed by atoms with Crippen LogP contribution in [0.5, 0.6) is 0 Å². The van der Waals surface area contributed by atoms with E-state index in [2.05, 4.69) is 15.9 Å². The molecule has 0 radical (unpaired) electrons. The third-order valence-corrected chi connectivity index (χ3v) is 7.88. The molecule has 0 atom stereocenters. The minimum Gasteiger partial charge on any atom is -0.213 e. The van der Waals surface area contributed by atoms with E-state index in [9.17, 15) is 16.8 Å². The zero-order valence-electron chi connectivity index (χ0n) is 6.03. The predicted molar refractivity (Wildman–Crippen MR) is 52.1 cm³/mol. The Morgan fingerprint density at radius 3 is 1.75 bits per heavy atom. The molecule has 0 saturated heterocycles. The van der Waals surface area contributed by atoms with Crippen molar-refractivity contribution in [1.29, 1.82) is 0 Å². The fourth-order valence-electron chi connectivity index (χ4n) is 0.443. The Hall–Kier alpha value is 0.670. The van der Waals surface area contributed by atoms with Gasteiger partial charge in [0.25, 0.3) is 17.7 Å². The summed E-state index contributed by atoms with van der Waals surface area (Å²) >= 11 is 7.99. The van der Waals surface area contributed by atoms with Gasteiger partial charge in [-0.25, -0.2) is 16.8 Å². The van der Waals surface area contributed by atoms with Gasteiger partial charge in [0.1, 0.15) is 0 Å². The summed E-state index contributed by atoms with van der Waals surface area (Å²) in [5, 5.41) is 0.108. The van der Waals surface area contributed by atoms with Gasteiger partial charge < -0.3 is 0 Å². The van der Waals surface area contributed by atoms with Crippen molar-refractivity contribution in [3.8, 4) is 0 Å². The van der Waals surface area contributed by atoms with Gasteiger partial charge in [-0.2, -0.15) is 0 Å². The summed E-state index contributed by atoms with van der Waals surface area (Å²) in [7, 11) is -8.09. The van der Waals surface area contributed by atoms with Crippen LogP contribution in [0.4, 0.5) is 0 Å². The van der Waals surface area contributed by atoms with E-state index in [0.717, 1.165) is 0 Å². The zero-order chi connectivity index (χ0) is 9.83. The molecule has 0 rings (SSSR count). The monoisotopic (exact) mass is 298 g/mol. The minimum atomic E-state index is -4.06. The van der Waals surface area contributed by atoms with E-state index < -0.39 is 29.2 Å². The average molecular weight is 300 g/mol. The maximum atomic E-state index is 11.0. The van der Waals surface area contributed by atoms with Crippen molar-refractivity contribution in [2.24, 2.45) is 0 Å². The molecule has 8 heteroatoms. The number of hydrogen-bond acceptors (Lipinski definition) is 4. The molecule has 0 spiro atoms. The van der Waals surface area contributed by atoms with Crippen LogP contribution < -0.4 is 0 Å². The summed E-state index contributed by atoms with van der Waals surface area (Å²) in [6.07, 6.45) is 0. The molecule has 0 bridgehead atoms. The maximum Gasteiger partial charge on any atom is 0.254 e. The van der Waals surface area contributed by atoms with Crippen molar-refractivity contribution in [3.05, 3.63) is 0 Å². The van der Waals surface area contributed by atoms with Gasteiger partial charge in [-0.1, -0.05) is 15.9 Å². The Bertz CT molecular complexity index is 285. The van der Waals surface area contributed by atoms with Crippen LogP contribution in [0.25, 0.3) is 0 Å². The molecule has 0 N–H and O–H groups in total. The second-order valence-corrected chi connectivity index (χ2v) is 9.17. The Kier molecular flexibility index (Phi) is 5.05. The molecule has 0 heterocycles. The topological polar surface area (TPSA) is 68.3 Å². The molecule has 0 aromatic carbocycles. The number of hydrogen-bond donors (Lipinski definition) is 0. The Morgan fingerprint density at radius 2 is 1.42 bits per heavy atom. The molecule has 0 aliphatic rings. The quantitative estimate of drug-likeness (QED) is 0.543. The van der Waals surface area contributed by atoms with Gasteiger partial charge in [-0.3, -0.25) is 0 Å². The molecular formula is C4H8BrClO4S2. The van der Waals surface area contributed by atoms with Crippen LogP contribution in [0.2, 0.25) is 0 Å². The van der Waals surface area contributed by atoms with Gasteiger partial charge in [-0.15, -0.1) is 11.6 Å². The van der Waals surface area contributed by atoms with Gasteiger partial charge in [0.15, 0.2) is 0 Å². The molecule has 0 aromatic rings. The normalized spacial score (nSPS) is 13.2. The molecule has 12 heavy (non-hydrogen) atoms. The second kappa shape index (κ2) is 4.78. The van der Waals surface area contributed by atoms with Crippen molar-refractivity contribution < 1.29 is 16.8 Å². The summed E-state index contributed by atoms with van der Waals surface area (Å²) in [4.78, 5) is 0. The summed E-state index contributed by atoms with van der Waals surface area (Å²) in [6.45, 7) is 0. The highest BCUT2D eigenvalue weighted by atomic mass is 79.9. The fraction of sp³-hybridized carbons (Fsp3) is 1.00. The van der Waals surface area contributed by atoms with Crippen LogP contribution in [0.3, 0.4) is 0 Å². The van der Waals surface area contributed by atoms with Gasteiger partial charge in [-0.05, 0) is 0 Å². The highest BCUT2D eigenvalue weighted by Crippen LogP contribution is 2.06. The number of alkyl halides is 2. The summed E-state index contributed by atoms with van der Waals surface area (Å²) in [6, 6.07) is 0. The predicted octanol–water partition coefficient (Wildman–Crippen LogP) is 0.365. The summed E-state index contributed by atoms with van der Waals surface area (Å²) < 4.78 is 43.8. The van der Waals surface area contributed by atoms with Crippen LogP contribution in [0.1, 0.15) is 0 Å². The molecule has 0 amide bonds. The van der Waals surface area contributed by atoms with Crippen molar-refractivity contribution in [1.82, 2.24) is 0 Å². The zero-order valence-corrected chi connectivity index (χ0v) is 10.0. The molecule has 0 unspecified atom stereocenters. The van der Waals surface area contributed by atoms with Crippen LogP contribution in [0.15, 0.2) is 0 Å². The third-order valence-electron chi connectivity index (χ3n) is 1.04. The van der Waals surface area contributed by atoms with E-state index in [0.29, 0.717) is 0 Å².